The van der Waals surface area contributed by atoms with E-state index < -0.39 is 5.60 Å². The van der Waals surface area contributed by atoms with Gasteiger partial charge in [-0.3, -0.25) is 9.69 Å². The number of likely N-dealkylation sites (tertiary alicyclic amines) is 1. The summed E-state index contributed by atoms with van der Waals surface area (Å²) in [6, 6.07) is 0. The van der Waals surface area contributed by atoms with E-state index in [0.29, 0.717) is 26.1 Å². The van der Waals surface area contributed by atoms with E-state index in [1.165, 1.54) is 0 Å². The summed E-state index contributed by atoms with van der Waals surface area (Å²) >= 11 is 0. The number of carbonyl (C=O) groups is 1. The van der Waals surface area contributed by atoms with Gasteiger partial charge >= 0.3 is 0 Å². The molecule has 0 aliphatic carbocycles. The first kappa shape index (κ1) is 17.9. The molecule has 1 atom stereocenters. The highest BCUT2D eigenvalue weighted by molar-refractivity contribution is 5.86. The van der Waals surface area contributed by atoms with Crippen molar-refractivity contribution < 1.29 is 9.90 Å². The molecule has 6 heteroatoms. The number of H-pyrrole nitrogens is 1. The van der Waals surface area contributed by atoms with Crippen LogP contribution in [0.1, 0.15) is 45.1 Å². The fourth-order valence-electron chi connectivity index (χ4n) is 3.24. The molecule has 6 nitrogen and oxygen atoms in total. The number of piperidine rings is 1. The van der Waals surface area contributed by atoms with E-state index in [1.807, 2.05) is 23.8 Å². The van der Waals surface area contributed by atoms with Gasteiger partial charge in [0.2, 0.25) is 0 Å². The quantitative estimate of drug-likeness (QED) is 0.863. The fourth-order valence-corrected chi connectivity index (χ4v) is 3.24. The lowest BCUT2D eigenvalue weighted by molar-refractivity contribution is -0.160. The summed E-state index contributed by atoms with van der Waals surface area (Å²) in [5, 5.41) is 10.9. The molecule has 23 heavy (non-hydrogen) atoms. The second kappa shape index (κ2) is 6.61. The molecule has 0 saturated carbocycles. The van der Waals surface area contributed by atoms with Crippen molar-refractivity contribution in [2.45, 2.75) is 52.7 Å². The Balaban J connectivity index is 2.00. The second-order valence-corrected chi connectivity index (χ2v) is 8.11. The Morgan fingerprint density at radius 3 is 2.74 bits per heavy atom. The highest BCUT2D eigenvalue weighted by atomic mass is 16.3. The number of hydrogen-bond acceptors (Lipinski definition) is 4. The summed E-state index contributed by atoms with van der Waals surface area (Å²) in [6.45, 7) is 10.6. The van der Waals surface area contributed by atoms with E-state index in [1.54, 1.807) is 6.20 Å². The monoisotopic (exact) mass is 322 g/mol. The maximum Gasteiger partial charge on any atom is 0.255 e. The minimum atomic E-state index is -1.29. The molecule has 0 bridgehead atoms. The Labute approximate surface area is 138 Å². The van der Waals surface area contributed by atoms with Crippen LogP contribution in [-0.2, 0) is 11.3 Å². The zero-order valence-corrected chi connectivity index (χ0v) is 15.0. The predicted molar refractivity (Wildman–Crippen MR) is 89.9 cm³/mol. The minimum absolute atomic E-state index is 0.0332. The summed E-state index contributed by atoms with van der Waals surface area (Å²) in [4.78, 5) is 24.0. The van der Waals surface area contributed by atoms with Crippen molar-refractivity contribution in [3.05, 3.63) is 17.7 Å². The van der Waals surface area contributed by atoms with Crippen molar-refractivity contribution in [3.8, 4) is 0 Å². The van der Waals surface area contributed by atoms with Crippen LogP contribution < -0.4 is 0 Å². The normalized spacial score (nSPS) is 22.9. The standard InChI is InChI=1S/C17H30N4O2/c1-13-9-18-14(19-13)10-20(5)12-17(23)7-6-8-21(15(17)22)11-16(2,3)4/h9,23H,6-8,10-12H2,1-5H3,(H,18,19). The van der Waals surface area contributed by atoms with Gasteiger partial charge in [-0.2, -0.15) is 0 Å². The van der Waals surface area contributed by atoms with Crippen molar-refractivity contribution in [1.82, 2.24) is 19.8 Å². The van der Waals surface area contributed by atoms with Crippen molar-refractivity contribution in [1.29, 1.82) is 0 Å². The van der Waals surface area contributed by atoms with Gasteiger partial charge in [0.25, 0.3) is 5.91 Å². The van der Waals surface area contributed by atoms with Crippen LogP contribution in [0.3, 0.4) is 0 Å². The molecule has 0 spiro atoms. The molecule has 2 rings (SSSR count). The van der Waals surface area contributed by atoms with Crippen molar-refractivity contribution in [2.24, 2.45) is 5.41 Å². The van der Waals surface area contributed by atoms with Gasteiger partial charge in [-0.15, -0.1) is 0 Å². The van der Waals surface area contributed by atoms with E-state index in [-0.39, 0.29) is 11.3 Å². The van der Waals surface area contributed by atoms with Gasteiger partial charge in [-0.05, 0) is 32.2 Å². The summed E-state index contributed by atoms with van der Waals surface area (Å²) < 4.78 is 0. The molecule has 2 N–H and O–H groups in total. The minimum Gasteiger partial charge on any atom is -0.379 e. The van der Waals surface area contributed by atoms with Crippen LogP contribution in [-0.4, -0.2) is 63.1 Å². The van der Waals surface area contributed by atoms with E-state index in [9.17, 15) is 9.90 Å². The number of carbonyl (C=O) groups excluding carboxylic acids is 1. The maximum absolute atomic E-state index is 12.7. The van der Waals surface area contributed by atoms with Crippen LogP contribution in [0.5, 0.6) is 0 Å². The van der Waals surface area contributed by atoms with Gasteiger partial charge in [0.1, 0.15) is 5.82 Å². The van der Waals surface area contributed by atoms with Crippen LogP contribution >= 0.6 is 0 Å². The molecule has 1 aromatic heterocycles. The molecule has 2 heterocycles. The SMILES string of the molecule is Cc1cnc(CN(C)CC2(O)CCCN(CC(C)(C)C)C2=O)[nH]1. The lowest BCUT2D eigenvalue weighted by Gasteiger charge is -2.42. The van der Waals surface area contributed by atoms with Crippen molar-refractivity contribution in [3.63, 3.8) is 0 Å². The predicted octanol–water partition coefficient (Wildman–Crippen LogP) is 1.55. The van der Waals surface area contributed by atoms with Gasteiger partial charge in [0, 0.05) is 31.5 Å². The lowest BCUT2D eigenvalue weighted by atomic mass is 9.88. The first-order chi connectivity index (χ1) is 10.6. The van der Waals surface area contributed by atoms with Crippen LogP contribution in [0.2, 0.25) is 0 Å². The van der Waals surface area contributed by atoms with E-state index in [0.717, 1.165) is 24.5 Å². The zero-order chi connectivity index (χ0) is 17.3. The van der Waals surface area contributed by atoms with Gasteiger partial charge in [0.05, 0.1) is 6.54 Å². The number of aliphatic hydroxyl groups is 1. The number of aryl methyl sites for hydroxylation is 1. The number of nitrogens with one attached hydrogen (secondary N) is 1. The number of imidazole rings is 1. The molecular weight excluding hydrogens is 292 g/mol. The molecule has 1 unspecified atom stereocenters. The Morgan fingerprint density at radius 1 is 1.48 bits per heavy atom. The number of hydrogen-bond donors (Lipinski definition) is 2. The summed E-state index contributed by atoms with van der Waals surface area (Å²) in [5.41, 5.74) is -0.247. The van der Waals surface area contributed by atoms with Gasteiger partial charge in [-0.25, -0.2) is 4.98 Å². The van der Waals surface area contributed by atoms with Crippen LogP contribution in [0, 0.1) is 12.3 Å². The number of nitrogens with zero attached hydrogens (tertiary/aromatic N) is 3. The first-order valence-corrected chi connectivity index (χ1v) is 8.30. The molecule has 1 saturated heterocycles. The largest absolute Gasteiger partial charge is 0.379 e. The van der Waals surface area contributed by atoms with Crippen LogP contribution in [0.4, 0.5) is 0 Å². The zero-order valence-electron chi connectivity index (χ0n) is 15.0. The number of likely N-dealkylation sites (N-methyl/N-ethyl adjacent to an activating group) is 1. The smallest absolute Gasteiger partial charge is 0.255 e. The number of aromatic nitrogens is 2. The fraction of sp³-hybridized carbons (Fsp3) is 0.765. The molecular formula is C17H30N4O2. The average Bonchev–Trinajstić information content (AvgIpc) is 2.79. The third-order valence-electron chi connectivity index (χ3n) is 4.08. The highest BCUT2D eigenvalue weighted by Gasteiger charge is 2.43. The highest BCUT2D eigenvalue weighted by Crippen LogP contribution is 2.27. The lowest BCUT2D eigenvalue weighted by Crippen LogP contribution is -2.59. The third-order valence-corrected chi connectivity index (χ3v) is 4.08. The Bertz CT molecular complexity index is 549. The maximum atomic E-state index is 12.7. The van der Waals surface area contributed by atoms with Crippen molar-refractivity contribution in [2.75, 3.05) is 26.7 Å². The average molecular weight is 322 g/mol. The van der Waals surface area contributed by atoms with Crippen molar-refractivity contribution >= 4 is 5.91 Å². The Morgan fingerprint density at radius 2 is 2.17 bits per heavy atom. The second-order valence-electron chi connectivity index (χ2n) is 8.11. The van der Waals surface area contributed by atoms with E-state index >= 15 is 0 Å². The topological polar surface area (TPSA) is 72.5 Å². The van der Waals surface area contributed by atoms with Gasteiger partial charge in [-0.1, -0.05) is 20.8 Å². The molecule has 130 valence electrons. The third kappa shape index (κ3) is 4.78. The van der Waals surface area contributed by atoms with Crippen LogP contribution in [0.25, 0.3) is 0 Å². The Hall–Kier alpha value is -1.40. The molecule has 1 aromatic rings. The summed E-state index contributed by atoms with van der Waals surface area (Å²) in [6.07, 6.45) is 3.15. The molecule has 0 radical (unpaired) electrons. The van der Waals surface area contributed by atoms with Gasteiger partial charge in [0.15, 0.2) is 5.60 Å². The number of amides is 1. The van der Waals surface area contributed by atoms with E-state index in [2.05, 4.69) is 30.7 Å². The molecule has 1 fully saturated rings. The molecule has 1 amide bonds. The molecule has 0 aromatic carbocycles. The first-order valence-electron chi connectivity index (χ1n) is 8.30. The Kier molecular flexibility index (Phi) is 5.16. The number of rotatable bonds is 5. The number of aromatic amines is 1. The molecule has 1 aliphatic heterocycles. The molecule has 1 aliphatic rings. The van der Waals surface area contributed by atoms with Gasteiger partial charge < -0.3 is 15.0 Å². The van der Waals surface area contributed by atoms with E-state index in [4.69, 9.17) is 0 Å². The van der Waals surface area contributed by atoms with Crippen LogP contribution in [0.15, 0.2) is 6.20 Å². The summed E-state index contributed by atoms with van der Waals surface area (Å²) in [7, 11) is 1.91. The summed E-state index contributed by atoms with van der Waals surface area (Å²) in [5.74, 6) is 0.713.